The summed E-state index contributed by atoms with van der Waals surface area (Å²) in [6, 6.07) is 8.63. The second-order valence-electron chi connectivity index (χ2n) is 6.62. The van der Waals surface area contributed by atoms with Gasteiger partial charge in [0.25, 0.3) is 0 Å². The number of hydrogen-bond donors (Lipinski definition) is 1. The highest BCUT2D eigenvalue weighted by molar-refractivity contribution is 5.79. The summed E-state index contributed by atoms with van der Waals surface area (Å²) in [6.45, 7) is 1.72. The molecule has 1 aliphatic carbocycles. The molecule has 124 valence electrons. The lowest BCUT2D eigenvalue weighted by Gasteiger charge is -2.32. The molecule has 1 atom stereocenters. The van der Waals surface area contributed by atoms with E-state index in [1.807, 2.05) is 0 Å². The van der Waals surface area contributed by atoms with Gasteiger partial charge in [-0.3, -0.25) is 9.78 Å². The molecule has 24 heavy (non-hydrogen) atoms. The minimum Gasteiger partial charge on any atom is -0.355 e. The lowest BCUT2D eigenvalue weighted by atomic mass is 9.95. The summed E-state index contributed by atoms with van der Waals surface area (Å²) in [4.78, 5) is 23.3. The summed E-state index contributed by atoms with van der Waals surface area (Å²) in [7, 11) is 0. The minimum absolute atomic E-state index is 0.102. The summed E-state index contributed by atoms with van der Waals surface area (Å²) in [5.41, 5.74) is 2.67. The lowest BCUT2D eigenvalue weighted by molar-refractivity contribution is -0.126. The van der Waals surface area contributed by atoms with Crippen molar-refractivity contribution in [2.24, 2.45) is 5.92 Å². The molecule has 1 unspecified atom stereocenters. The molecule has 4 rings (SSSR count). The second kappa shape index (κ2) is 6.59. The van der Waals surface area contributed by atoms with Crippen LogP contribution in [0.25, 0.3) is 0 Å². The third kappa shape index (κ3) is 2.98. The van der Waals surface area contributed by atoms with Crippen LogP contribution in [0, 0.1) is 5.92 Å². The number of amides is 1. The van der Waals surface area contributed by atoms with Gasteiger partial charge >= 0.3 is 0 Å². The number of piperidine rings is 1. The van der Waals surface area contributed by atoms with Crippen molar-refractivity contribution in [1.29, 1.82) is 0 Å². The molecule has 0 radical (unpaired) electrons. The molecule has 1 N–H and O–H groups in total. The Bertz CT molecular complexity index is 710. The summed E-state index contributed by atoms with van der Waals surface area (Å²) >= 11 is 0. The molecule has 2 aliphatic rings. The van der Waals surface area contributed by atoms with Crippen LogP contribution in [-0.4, -0.2) is 29.0 Å². The van der Waals surface area contributed by atoms with Crippen molar-refractivity contribution >= 4 is 11.7 Å². The van der Waals surface area contributed by atoms with Crippen LogP contribution in [0.2, 0.25) is 0 Å². The van der Waals surface area contributed by atoms with Gasteiger partial charge in [0.15, 0.2) is 0 Å². The second-order valence-corrected chi connectivity index (χ2v) is 6.62. The Morgan fingerprint density at radius 3 is 2.75 bits per heavy atom. The van der Waals surface area contributed by atoms with E-state index in [4.69, 9.17) is 0 Å². The maximum absolute atomic E-state index is 12.6. The number of nitrogens with one attached hydrogen (secondary N) is 1. The van der Waals surface area contributed by atoms with Crippen LogP contribution in [0.3, 0.4) is 0 Å². The third-order valence-corrected chi connectivity index (χ3v) is 5.19. The molecule has 0 spiro atoms. The number of hydrogen-bond acceptors (Lipinski definition) is 4. The van der Waals surface area contributed by atoms with Crippen molar-refractivity contribution in [3.05, 3.63) is 54.0 Å². The molecule has 1 amide bonds. The fourth-order valence-electron chi connectivity index (χ4n) is 3.82. The molecule has 1 fully saturated rings. The maximum atomic E-state index is 12.6. The average Bonchev–Trinajstić information content (AvgIpc) is 3.06. The molecule has 2 heterocycles. The smallest absolute Gasteiger partial charge is 0.223 e. The molecule has 5 nitrogen and oxygen atoms in total. The third-order valence-electron chi connectivity index (χ3n) is 5.19. The molecule has 0 saturated carbocycles. The van der Waals surface area contributed by atoms with Gasteiger partial charge in [0.05, 0.1) is 12.2 Å². The van der Waals surface area contributed by atoms with Gasteiger partial charge in [-0.05, 0) is 36.8 Å². The Balaban J connectivity index is 1.34. The molecule has 1 saturated heterocycles. The van der Waals surface area contributed by atoms with Crippen molar-refractivity contribution in [2.75, 3.05) is 18.0 Å². The molecule has 1 aromatic heterocycles. The number of fused-ring (bicyclic) bond motifs is 1. The van der Waals surface area contributed by atoms with Crippen LogP contribution in [0.5, 0.6) is 0 Å². The highest BCUT2D eigenvalue weighted by Crippen LogP contribution is 2.31. The Hall–Kier alpha value is -2.43. The Kier molecular flexibility index (Phi) is 4.15. The summed E-state index contributed by atoms with van der Waals surface area (Å²) in [5, 5.41) is 3.27. The number of rotatable bonds is 3. The van der Waals surface area contributed by atoms with E-state index in [0.717, 1.165) is 44.6 Å². The van der Waals surface area contributed by atoms with E-state index in [2.05, 4.69) is 44.5 Å². The molecule has 0 bridgehead atoms. The largest absolute Gasteiger partial charge is 0.355 e. The molecule has 2 aromatic rings. The maximum Gasteiger partial charge on any atom is 0.223 e. The van der Waals surface area contributed by atoms with E-state index in [1.165, 1.54) is 11.1 Å². The molecular formula is C19H22N4O. The minimum atomic E-state index is 0.102. The molecule has 1 aliphatic heterocycles. The monoisotopic (exact) mass is 322 g/mol. The van der Waals surface area contributed by atoms with Gasteiger partial charge in [0, 0.05) is 31.4 Å². The average molecular weight is 322 g/mol. The van der Waals surface area contributed by atoms with E-state index in [0.29, 0.717) is 0 Å². The molecule has 1 aromatic carbocycles. The van der Waals surface area contributed by atoms with E-state index in [-0.39, 0.29) is 17.9 Å². The van der Waals surface area contributed by atoms with Crippen molar-refractivity contribution in [3.8, 4) is 0 Å². The topological polar surface area (TPSA) is 58.1 Å². The van der Waals surface area contributed by atoms with E-state index < -0.39 is 0 Å². The van der Waals surface area contributed by atoms with Crippen LogP contribution in [0.1, 0.15) is 36.4 Å². The van der Waals surface area contributed by atoms with Crippen LogP contribution >= 0.6 is 0 Å². The fraction of sp³-hybridized carbons (Fsp3) is 0.421. The fourth-order valence-corrected chi connectivity index (χ4v) is 3.82. The standard InChI is InChI=1S/C19H22N4O/c24-19(22-17-6-5-14-3-1-2-4-16(14)17)15-7-11-23(12-8-15)18-13-20-9-10-21-18/h1-4,9-10,13,15,17H,5-8,11-12H2,(H,22,24). The summed E-state index contributed by atoms with van der Waals surface area (Å²) < 4.78 is 0. The number of carbonyl (C=O) groups is 1. The highest BCUT2D eigenvalue weighted by atomic mass is 16.1. The van der Waals surface area contributed by atoms with Crippen molar-refractivity contribution < 1.29 is 4.79 Å². The van der Waals surface area contributed by atoms with E-state index >= 15 is 0 Å². The number of anilines is 1. The number of aromatic nitrogens is 2. The van der Waals surface area contributed by atoms with Gasteiger partial charge in [-0.1, -0.05) is 24.3 Å². The molecular weight excluding hydrogens is 300 g/mol. The normalized spacial score (nSPS) is 20.7. The first-order valence-corrected chi connectivity index (χ1v) is 8.70. The van der Waals surface area contributed by atoms with Crippen LogP contribution in [0.15, 0.2) is 42.9 Å². The van der Waals surface area contributed by atoms with Crippen molar-refractivity contribution in [3.63, 3.8) is 0 Å². The van der Waals surface area contributed by atoms with Crippen molar-refractivity contribution in [2.45, 2.75) is 31.7 Å². The van der Waals surface area contributed by atoms with Crippen LogP contribution < -0.4 is 10.2 Å². The van der Waals surface area contributed by atoms with Gasteiger partial charge in [-0.2, -0.15) is 0 Å². The van der Waals surface area contributed by atoms with E-state index in [1.54, 1.807) is 18.6 Å². The van der Waals surface area contributed by atoms with Gasteiger partial charge in [0.1, 0.15) is 5.82 Å². The van der Waals surface area contributed by atoms with Gasteiger partial charge < -0.3 is 10.2 Å². The number of benzene rings is 1. The Labute approximate surface area is 142 Å². The number of nitrogens with zero attached hydrogens (tertiary/aromatic N) is 3. The SMILES string of the molecule is O=C(NC1CCc2ccccc21)C1CCN(c2cnccn2)CC1. The van der Waals surface area contributed by atoms with Crippen LogP contribution in [0.4, 0.5) is 5.82 Å². The van der Waals surface area contributed by atoms with Gasteiger partial charge in [0.2, 0.25) is 5.91 Å². The Morgan fingerprint density at radius 1 is 1.12 bits per heavy atom. The highest BCUT2D eigenvalue weighted by Gasteiger charge is 2.29. The predicted molar refractivity (Wildman–Crippen MR) is 92.6 cm³/mol. The zero-order chi connectivity index (χ0) is 16.4. The van der Waals surface area contributed by atoms with Gasteiger partial charge in [-0.25, -0.2) is 4.98 Å². The summed E-state index contributed by atoms with van der Waals surface area (Å²) in [6.07, 6.45) is 9.01. The zero-order valence-electron chi connectivity index (χ0n) is 13.7. The first kappa shape index (κ1) is 15.1. The lowest BCUT2D eigenvalue weighted by Crippen LogP contribution is -2.41. The van der Waals surface area contributed by atoms with E-state index in [9.17, 15) is 4.79 Å². The number of aryl methyl sites for hydroxylation is 1. The number of carbonyl (C=O) groups excluding carboxylic acids is 1. The summed E-state index contributed by atoms with van der Waals surface area (Å²) in [5.74, 6) is 1.21. The quantitative estimate of drug-likeness (QED) is 0.943. The zero-order valence-corrected chi connectivity index (χ0v) is 13.7. The first-order valence-electron chi connectivity index (χ1n) is 8.70. The van der Waals surface area contributed by atoms with Crippen molar-refractivity contribution in [1.82, 2.24) is 15.3 Å². The Morgan fingerprint density at radius 2 is 1.96 bits per heavy atom. The van der Waals surface area contributed by atoms with Crippen LogP contribution in [-0.2, 0) is 11.2 Å². The first-order chi connectivity index (χ1) is 11.8. The van der Waals surface area contributed by atoms with Gasteiger partial charge in [-0.15, -0.1) is 0 Å². The predicted octanol–water partition coefficient (Wildman–Crippen LogP) is 2.50. The molecule has 5 heteroatoms.